The van der Waals surface area contributed by atoms with Crippen molar-refractivity contribution in [1.82, 2.24) is 4.90 Å². The summed E-state index contributed by atoms with van der Waals surface area (Å²) in [5.41, 5.74) is 0. The van der Waals surface area contributed by atoms with Gasteiger partial charge in [0, 0.05) is 19.2 Å². The van der Waals surface area contributed by atoms with E-state index in [1.165, 1.54) is 0 Å². The Morgan fingerprint density at radius 3 is 2.81 bits per heavy atom. The van der Waals surface area contributed by atoms with Crippen molar-refractivity contribution in [3.63, 3.8) is 0 Å². The van der Waals surface area contributed by atoms with Crippen LogP contribution in [0.1, 0.15) is 13.3 Å². The van der Waals surface area contributed by atoms with Crippen LogP contribution in [0.15, 0.2) is 0 Å². The Bertz CT molecular complexity index is 345. The van der Waals surface area contributed by atoms with Crippen LogP contribution in [0.25, 0.3) is 0 Å². The maximum Gasteiger partial charge on any atom is 0.151 e. The normalized spacial score (nSPS) is 23.4. The molecule has 1 heterocycles. The molecule has 4 nitrogen and oxygen atoms in total. The fourth-order valence-corrected chi connectivity index (χ4v) is 3.66. The topological polar surface area (TPSA) is 46.6 Å². The lowest BCUT2D eigenvalue weighted by molar-refractivity contribution is 0.105. The minimum absolute atomic E-state index is 0.0708. The van der Waals surface area contributed by atoms with Gasteiger partial charge in [0.25, 0.3) is 0 Å². The Morgan fingerprint density at radius 2 is 2.31 bits per heavy atom. The van der Waals surface area contributed by atoms with E-state index in [2.05, 4.69) is 5.92 Å². The summed E-state index contributed by atoms with van der Waals surface area (Å²) in [6, 6.07) is 0.0708. The Morgan fingerprint density at radius 1 is 1.56 bits per heavy atom. The van der Waals surface area contributed by atoms with E-state index in [1.54, 1.807) is 0 Å². The monoisotopic (exact) mass is 245 g/mol. The molecule has 0 N–H and O–H groups in total. The van der Waals surface area contributed by atoms with Gasteiger partial charge in [0.1, 0.15) is 0 Å². The van der Waals surface area contributed by atoms with E-state index in [4.69, 9.17) is 11.2 Å². The van der Waals surface area contributed by atoms with E-state index in [9.17, 15) is 8.42 Å². The molecule has 1 rings (SSSR count). The van der Waals surface area contributed by atoms with Crippen LogP contribution in [0.3, 0.4) is 0 Å². The van der Waals surface area contributed by atoms with Gasteiger partial charge in [-0.05, 0) is 13.3 Å². The predicted octanol–water partition coefficient (Wildman–Crippen LogP) is 0.145. The molecule has 1 fully saturated rings. The van der Waals surface area contributed by atoms with E-state index in [1.807, 2.05) is 11.8 Å². The lowest BCUT2D eigenvalue weighted by Gasteiger charge is -2.25. The summed E-state index contributed by atoms with van der Waals surface area (Å²) in [4.78, 5) is 2.03. The Labute approximate surface area is 97.9 Å². The molecule has 0 radical (unpaired) electrons. The molecule has 1 aliphatic heterocycles. The van der Waals surface area contributed by atoms with Crippen molar-refractivity contribution >= 4 is 9.84 Å². The van der Waals surface area contributed by atoms with Gasteiger partial charge in [-0.1, -0.05) is 5.92 Å². The second-order valence-electron chi connectivity index (χ2n) is 3.93. The van der Waals surface area contributed by atoms with E-state index < -0.39 is 9.84 Å². The van der Waals surface area contributed by atoms with Crippen molar-refractivity contribution < 1.29 is 13.2 Å². The smallest absolute Gasteiger partial charge is 0.151 e. The largest absolute Gasteiger partial charge is 0.380 e. The maximum absolute atomic E-state index is 11.4. The summed E-state index contributed by atoms with van der Waals surface area (Å²) in [7, 11) is -2.84. The van der Waals surface area contributed by atoms with Crippen LogP contribution < -0.4 is 0 Å². The molecule has 16 heavy (non-hydrogen) atoms. The van der Waals surface area contributed by atoms with Gasteiger partial charge in [0.15, 0.2) is 9.84 Å². The van der Waals surface area contributed by atoms with Crippen LogP contribution >= 0.6 is 0 Å². The summed E-state index contributed by atoms with van der Waals surface area (Å²) in [6.45, 7) is 4.42. The van der Waals surface area contributed by atoms with Crippen molar-refractivity contribution in [3.05, 3.63) is 0 Å². The van der Waals surface area contributed by atoms with Gasteiger partial charge >= 0.3 is 0 Å². The molecular weight excluding hydrogens is 226 g/mol. The summed E-state index contributed by atoms with van der Waals surface area (Å²) in [6.07, 6.45) is 5.98. The first-order valence-corrected chi connectivity index (χ1v) is 7.37. The summed E-state index contributed by atoms with van der Waals surface area (Å²) in [5.74, 6) is 3.10. The minimum Gasteiger partial charge on any atom is -0.380 e. The molecular formula is C11H19NO3S. The SMILES string of the molecule is C#CCN(CCOCC)C1CCS(=O)(=O)C1. The van der Waals surface area contributed by atoms with E-state index in [0.29, 0.717) is 32.7 Å². The number of terminal acetylenes is 1. The van der Waals surface area contributed by atoms with Crippen molar-refractivity contribution in [2.45, 2.75) is 19.4 Å². The van der Waals surface area contributed by atoms with Crippen molar-refractivity contribution in [1.29, 1.82) is 0 Å². The Hall–Kier alpha value is -0.570. The van der Waals surface area contributed by atoms with Gasteiger partial charge in [0.05, 0.1) is 24.7 Å². The molecule has 0 aromatic heterocycles. The molecule has 0 aliphatic carbocycles. The number of nitrogens with zero attached hydrogens (tertiary/aromatic N) is 1. The molecule has 1 atom stereocenters. The quantitative estimate of drug-likeness (QED) is 0.493. The fourth-order valence-electron chi connectivity index (χ4n) is 1.90. The number of hydrogen-bond donors (Lipinski definition) is 0. The van der Waals surface area contributed by atoms with E-state index >= 15 is 0 Å². The number of ether oxygens (including phenoxy) is 1. The highest BCUT2D eigenvalue weighted by atomic mass is 32.2. The summed E-state index contributed by atoms with van der Waals surface area (Å²) < 4.78 is 28.0. The molecule has 0 amide bonds. The maximum atomic E-state index is 11.4. The number of rotatable bonds is 6. The first kappa shape index (κ1) is 13.5. The van der Waals surface area contributed by atoms with Crippen LogP contribution in [0.4, 0.5) is 0 Å². The Balaban J connectivity index is 2.48. The van der Waals surface area contributed by atoms with Gasteiger partial charge in [-0.3, -0.25) is 4.90 Å². The number of hydrogen-bond acceptors (Lipinski definition) is 4. The molecule has 0 aromatic carbocycles. The average Bonchev–Trinajstić information content (AvgIpc) is 2.58. The van der Waals surface area contributed by atoms with Crippen LogP contribution in [-0.2, 0) is 14.6 Å². The zero-order valence-corrected chi connectivity index (χ0v) is 10.5. The van der Waals surface area contributed by atoms with Gasteiger partial charge in [0.2, 0.25) is 0 Å². The first-order valence-electron chi connectivity index (χ1n) is 5.54. The molecule has 5 heteroatoms. The van der Waals surface area contributed by atoms with Gasteiger partial charge in [-0.25, -0.2) is 8.42 Å². The molecule has 1 saturated heterocycles. The van der Waals surface area contributed by atoms with Crippen LogP contribution in [0, 0.1) is 12.3 Å². The van der Waals surface area contributed by atoms with Crippen molar-refractivity contribution in [2.24, 2.45) is 0 Å². The predicted molar refractivity (Wildman–Crippen MR) is 64.0 cm³/mol. The molecule has 92 valence electrons. The lowest BCUT2D eigenvalue weighted by Crippen LogP contribution is -2.38. The molecule has 0 saturated carbocycles. The first-order chi connectivity index (χ1) is 7.59. The second kappa shape index (κ2) is 6.24. The third-order valence-electron chi connectivity index (χ3n) is 2.75. The fraction of sp³-hybridized carbons (Fsp3) is 0.818. The zero-order valence-electron chi connectivity index (χ0n) is 9.68. The van der Waals surface area contributed by atoms with E-state index in [0.717, 1.165) is 0 Å². The van der Waals surface area contributed by atoms with Crippen LogP contribution in [0.5, 0.6) is 0 Å². The molecule has 1 aliphatic rings. The Kier molecular flexibility index (Phi) is 5.26. The highest BCUT2D eigenvalue weighted by Gasteiger charge is 2.31. The third-order valence-corrected chi connectivity index (χ3v) is 4.50. The average molecular weight is 245 g/mol. The molecule has 0 bridgehead atoms. The van der Waals surface area contributed by atoms with Gasteiger partial charge in [-0.2, -0.15) is 0 Å². The van der Waals surface area contributed by atoms with Crippen molar-refractivity contribution in [2.75, 3.05) is 37.8 Å². The zero-order chi connectivity index (χ0) is 12.0. The summed E-state index contributed by atoms with van der Waals surface area (Å²) in [5, 5.41) is 0. The van der Waals surface area contributed by atoms with E-state index in [-0.39, 0.29) is 17.5 Å². The van der Waals surface area contributed by atoms with Gasteiger partial charge < -0.3 is 4.74 Å². The molecule has 0 spiro atoms. The van der Waals surface area contributed by atoms with Crippen LogP contribution in [0.2, 0.25) is 0 Å². The highest BCUT2D eigenvalue weighted by Crippen LogP contribution is 2.17. The molecule has 0 aromatic rings. The van der Waals surface area contributed by atoms with Gasteiger partial charge in [-0.15, -0.1) is 6.42 Å². The minimum atomic E-state index is -2.84. The molecule has 1 unspecified atom stereocenters. The number of sulfone groups is 1. The van der Waals surface area contributed by atoms with Crippen LogP contribution in [-0.4, -0.2) is 57.2 Å². The third kappa shape index (κ3) is 4.12. The standard InChI is InChI=1S/C11H19NO3S/c1-3-6-12(7-8-15-4-2)11-5-9-16(13,14)10-11/h1,11H,4-10H2,2H3. The van der Waals surface area contributed by atoms with Crippen molar-refractivity contribution in [3.8, 4) is 12.3 Å². The highest BCUT2D eigenvalue weighted by molar-refractivity contribution is 7.91. The summed E-state index contributed by atoms with van der Waals surface area (Å²) >= 11 is 0. The second-order valence-corrected chi connectivity index (χ2v) is 6.16. The lowest BCUT2D eigenvalue weighted by atomic mass is 10.2.